The minimum absolute atomic E-state index is 0.792. The minimum Gasteiger partial charge on any atom is -0.346 e. The van der Waals surface area contributed by atoms with Gasteiger partial charge in [-0.1, -0.05) is 17.7 Å². The SMILES string of the molecule is CN(C)Cc1cc2ccc(Cl)cc2n1C. The normalized spacial score (nSPS) is 11.5. The highest BCUT2D eigenvalue weighted by Gasteiger charge is 2.06. The van der Waals surface area contributed by atoms with Gasteiger partial charge in [-0.05, 0) is 37.7 Å². The summed E-state index contributed by atoms with van der Waals surface area (Å²) in [6, 6.07) is 8.22. The first-order valence-electron chi connectivity index (χ1n) is 4.96. The number of aromatic nitrogens is 1. The summed E-state index contributed by atoms with van der Waals surface area (Å²) in [5.41, 5.74) is 2.50. The number of nitrogens with zero attached hydrogens (tertiary/aromatic N) is 2. The molecule has 0 aliphatic carbocycles. The Labute approximate surface area is 95.1 Å². The third kappa shape index (κ3) is 2.01. The van der Waals surface area contributed by atoms with Gasteiger partial charge in [0.25, 0.3) is 0 Å². The molecule has 0 unspecified atom stereocenters. The molecule has 2 rings (SSSR count). The average Bonchev–Trinajstić information content (AvgIpc) is 2.44. The molecule has 0 saturated carbocycles. The summed E-state index contributed by atoms with van der Waals surface area (Å²) in [5, 5.41) is 2.04. The predicted molar refractivity (Wildman–Crippen MR) is 65.3 cm³/mol. The molecule has 0 fully saturated rings. The van der Waals surface area contributed by atoms with Crippen molar-refractivity contribution in [1.82, 2.24) is 9.47 Å². The molecule has 0 N–H and O–H groups in total. The smallest absolute Gasteiger partial charge is 0.0495 e. The van der Waals surface area contributed by atoms with Crippen LogP contribution in [0.5, 0.6) is 0 Å². The van der Waals surface area contributed by atoms with Gasteiger partial charge in [-0.25, -0.2) is 0 Å². The summed E-state index contributed by atoms with van der Waals surface area (Å²) in [6.45, 7) is 0.947. The van der Waals surface area contributed by atoms with E-state index in [0.717, 1.165) is 11.6 Å². The summed E-state index contributed by atoms with van der Waals surface area (Å²) in [5.74, 6) is 0. The van der Waals surface area contributed by atoms with E-state index in [1.165, 1.54) is 16.6 Å². The summed E-state index contributed by atoms with van der Waals surface area (Å²) in [6.07, 6.45) is 0. The van der Waals surface area contributed by atoms with Crippen molar-refractivity contribution in [3.63, 3.8) is 0 Å². The maximum absolute atomic E-state index is 5.98. The van der Waals surface area contributed by atoms with Crippen LogP contribution < -0.4 is 0 Å². The second-order valence-electron chi connectivity index (χ2n) is 4.14. The number of fused-ring (bicyclic) bond motifs is 1. The van der Waals surface area contributed by atoms with Crippen molar-refractivity contribution in [2.24, 2.45) is 7.05 Å². The molecule has 3 heteroatoms. The van der Waals surface area contributed by atoms with E-state index in [9.17, 15) is 0 Å². The molecule has 0 saturated heterocycles. The molecule has 0 aliphatic rings. The van der Waals surface area contributed by atoms with E-state index in [1.807, 2.05) is 12.1 Å². The average molecular weight is 223 g/mol. The topological polar surface area (TPSA) is 8.17 Å². The first-order chi connectivity index (χ1) is 7.08. The van der Waals surface area contributed by atoms with Gasteiger partial charge in [0.05, 0.1) is 0 Å². The number of hydrogen-bond donors (Lipinski definition) is 0. The Bertz CT molecular complexity index is 486. The molecule has 1 heterocycles. The molecule has 15 heavy (non-hydrogen) atoms. The van der Waals surface area contributed by atoms with Gasteiger partial charge in [-0.3, -0.25) is 0 Å². The quantitative estimate of drug-likeness (QED) is 0.759. The largest absolute Gasteiger partial charge is 0.346 e. The van der Waals surface area contributed by atoms with Crippen molar-refractivity contribution in [3.05, 3.63) is 35.0 Å². The number of halogens is 1. The summed E-state index contributed by atoms with van der Waals surface area (Å²) in [4.78, 5) is 2.16. The van der Waals surface area contributed by atoms with Crippen LogP contribution in [0.4, 0.5) is 0 Å². The van der Waals surface area contributed by atoms with Crippen molar-refractivity contribution >= 4 is 22.5 Å². The van der Waals surface area contributed by atoms with Gasteiger partial charge in [0.2, 0.25) is 0 Å². The Morgan fingerprint density at radius 3 is 2.67 bits per heavy atom. The van der Waals surface area contributed by atoms with Gasteiger partial charge in [0.15, 0.2) is 0 Å². The number of aryl methyl sites for hydroxylation is 1. The second kappa shape index (κ2) is 3.87. The molecule has 0 aliphatic heterocycles. The molecule has 2 nitrogen and oxygen atoms in total. The lowest BCUT2D eigenvalue weighted by molar-refractivity contribution is 0.392. The second-order valence-corrected chi connectivity index (χ2v) is 4.57. The van der Waals surface area contributed by atoms with Gasteiger partial charge < -0.3 is 9.47 Å². The number of rotatable bonds is 2. The molecule has 0 atom stereocenters. The lowest BCUT2D eigenvalue weighted by Crippen LogP contribution is -2.13. The third-order valence-electron chi connectivity index (χ3n) is 2.58. The zero-order chi connectivity index (χ0) is 11.0. The maximum Gasteiger partial charge on any atom is 0.0495 e. The number of hydrogen-bond acceptors (Lipinski definition) is 1. The number of benzene rings is 1. The van der Waals surface area contributed by atoms with Gasteiger partial charge in [-0.15, -0.1) is 0 Å². The van der Waals surface area contributed by atoms with Crippen LogP contribution in [-0.2, 0) is 13.6 Å². The highest BCUT2D eigenvalue weighted by molar-refractivity contribution is 6.31. The van der Waals surface area contributed by atoms with E-state index in [-0.39, 0.29) is 0 Å². The van der Waals surface area contributed by atoms with Crippen LogP contribution in [0.1, 0.15) is 5.69 Å². The molecule has 0 radical (unpaired) electrons. The predicted octanol–water partition coefficient (Wildman–Crippen LogP) is 2.89. The van der Waals surface area contributed by atoms with E-state index in [2.05, 4.69) is 42.7 Å². The van der Waals surface area contributed by atoms with Crippen molar-refractivity contribution in [3.8, 4) is 0 Å². The zero-order valence-electron chi connectivity index (χ0n) is 9.29. The standard InChI is InChI=1S/C12H15ClN2/c1-14(2)8-11-6-9-4-5-10(13)7-12(9)15(11)3/h4-7H,8H2,1-3H3. The van der Waals surface area contributed by atoms with E-state index < -0.39 is 0 Å². The Hall–Kier alpha value is -0.990. The minimum atomic E-state index is 0.792. The van der Waals surface area contributed by atoms with Crippen LogP contribution in [0.15, 0.2) is 24.3 Å². The molecule has 1 aromatic carbocycles. The molecule has 1 aromatic heterocycles. The van der Waals surface area contributed by atoms with Crippen molar-refractivity contribution in [2.45, 2.75) is 6.54 Å². The van der Waals surface area contributed by atoms with Crippen LogP contribution in [0, 0.1) is 0 Å². The maximum atomic E-state index is 5.98. The lowest BCUT2D eigenvalue weighted by Gasteiger charge is -2.10. The first kappa shape index (κ1) is 10.5. The van der Waals surface area contributed by atoms with Crippen LogP contribution in [0.3, 0.4) is 0 Å². The van der Waals surface area contributed by atoms with Gasteiger partial charge in [0, 0.05) is 29.8 Å². The molecule has 0 bridgehead atoms. The third-order valence-corrected chi connectivity index (χ3v) is 2.82. The van der Waals surface area contributed by atoms with Gasteiger partial charge in [-0.2, -0.15) is 0 Å². The Kier molecular flexibility index (Phi) is 2.72. The van der Waals surface area contributed by atoms with Crippen LogP contribution in [0.2, 0.25) is 5.02 Å². The van der Waals surface area contributed by atoms with Crippen molar-refractivity contribution < 1.29 is 0 Å². The van der Waals surface area contributed by atoms with Crippen molar-refractivity contribution in [1.29, 1.82) is 0 Å². The first-order valence-corrected chi connectivity index (χ1v) is 5.34. The Morgan fingerprint density at radius 1 is 1.27 bits per heavy atom. The monoisotopic (exact) mass is 222 g/mol. The summed E-state index contributed by atoms with van der Waals surface area (Å²) < 4.78 is 2.20. The fraction of sp³-hybridized carbons (Fsp3) is 0.333. The summed E-state index contributed by atoms with van der Waals surface area (Å²) >= 11 is 5.98. The Morgan fingerprint density at radius 2 is 2.00 bits per heavy atom. The summed E-state index contributed by atoms with van der Waals surface area (Å²) in [7, 11) is 6.23. The van der Waals surface area contributed by atoms with Crippen molar-refractivity contribution in [2.75, 3.05) is 14.1 Å². The molecular formula is C12H15ClN2. The van der Waals surface area contributed by atoms with Crippen LogP contribution in [0.25, 0.3) is 10.9 Å². The lowest BCUT2D eigenvalue weighted by atomic mass is 10.2. The van der Waals surface area contributed by atoms with E-state index in [0.29, 0.717) is 0 Å². The zero-order valence-corrected chi connectivity index (χ0v) is 10.0. The highest BCUT2D eigenvalue weighted by Crippen LogP contribution is 2.22. The fourth-order valence-electron chi connectivity index (χ4n) is 1.84. The van der Waals surface area contributed by atoms with Gasteiger partial charge in [0.1, 0.15) is 0 Å². The molecule has 0 spiro atoms. The molecule has 0 amide bonds. The molecule has 2 aromatic rings. The van der Waals surface area contributed by atoms with Crippen LogP contribution >= 0.6 is 11.6 Å². The fourth-order valence-corrected chi connectivity index (χ4v) is 2.00. The highest BCUT2D eigenvalue weighted by atomic mass is 35.5. The van der Waals surface area contributed by atoms with Crippen LogP contribution in [-0.4, -0.2) is 23.6 Å². The Balaban J connectivity index is 2.54. The molecular weight excluding hydrogens is 208 g/mol. The van der Waals surface area contributed by atoms with Gasteiger partial charge >= 0.3 is 0 Å². The van der Waals surface area contributed by atoms with E-state index >= 15 is 0 Å². The van der Waals surface area contributed by atoms with E-state index in [1.54, 1.807) is 0 Å². The molecule has 80 valence electrons. The van der Waals surface area contributed by atoms with E-state index in [4.69, 9.17) is 11.6 Å².